The molecule has 15 heavy (non-hydrogen) atoms. The summed E-state index contributed by atoms with van der Waals surface area (Å²) in [5.41, 5.74) is 0.992. The number of rotatable bonds is 6. The van der Waals surface area contributed by atoms with E-state index < -0.39 is 0 Å². The lowest BCUT2D eigenvalue weighted by atomic mass is 10.4. The van der Waals surface area contributed by atoms with E-state index in [4.69, 9.17) is 9.84 Å². The van der Waals surface area contributed by atoms with Gasteiger partial charge in [0.2, 0.25) is 5.88 Å². The number of hydrogen-bond acceptors (Lipinski definition) is 4. The highest BCUT2D eigenvalue weighted by Crippen LogP contribution is 2.17. The van der Waals surface area contributed by atoms with E-state index >= 15 is 0 Å². The molecule has 0 saturated carbocycles. The van der Waals surface area contributed by atoms with Gasteiger partial charge >= 0.3 is 0 Å². The third kappa shape index (κ3) is 4.53. The van der Waals surface area contributed by atoms with Crippen molar-refractivity contribution >= 4 is 11.8 Å². The molecular formula is C11H17NO2S. The molecule has 1 N–H and O–H groups in total. The van der Waals surface area contributed by atoms with Crippen LogP contribution in [0.1, 0.15) is 19.5 Å². The lowest BCUT2D eigenvalue weighted by Crippen LogP contribution is -2.03. The van der Waals surface area contributed by atoms with Crippen LogP contribution in [0, 0.1) is 0 Å². The van der Waals surface area contributed by atoms with Gasteiger partial charge in [-0.1, -0.05) is 13.0 Å². The van der Waals surface area contributed by atoms with Gasteiger partial charge < -0.3 is 9.84 Å². The van der Waals surface area contributed by atoms with E-state index in [-0.39, 0.29) is 11.9 Å². The first-order valence-electron chi connectivity index (χ1n) is 5.07. The lowest BCUT2D eigenvalue weighted by molar-refractivity contribution is 0.300. The number of ether oxygens (including phenoxy) is 1. The molecule has 1 aromatic heterocycles. The SMILES string of the molecule is CCOc1cccc(CS[C@@H](C)CO)n1. The molecule has 0 spiro atoms. The Bertz CT molecular complexity index is 294. The molecule has 0 saturated heterocycles. The Hall–Kier alpha value is -0.740. The van der Waals surface area contributed by atoms with Crippen LogP contribution in [0.2, 0.25) is 0 Å². The van der Waals surface area contributed by atoms with Gasteiger partial charge in [0.1, 0.15) is 0 Å². The molecule has 1 aromatic rings. The van der Waals surface area contributed by atoms with Gasteiger partial charge in [0.25, 0.3) is 0 Å². The highest BCUT2D eigenvalue weighted by Gasteiger charge is 2.03. The van der Waals surface area contributed by atoms with Gasteiger partial charge in [-0.3, -0.25) is 0 Å². The van der Waals surface area contributed by atoms with Crippen molar-refractivity contribution in [2.45, 2.75) is 24.9 Å². The average molecular weight is 227 g/mol. The summed E-state index contributed by atoms with van der Waals surface area (Å²) in [6.07, 6.45) is 0. The topological polar surface area (TPSA) is 42.4 Å². The maximum absolute atomic E-state index is 8.89. The van der Waals surface area contributed by atoms with Crippen LogP contribution in [0.3, 0.4) is 0 Å². The van der Waals surface area contributed by atoms with Gasteiger partial charge in [-0.05, 0) is 13.0 Å². The summed E-state index contributed by atoms with van der Waals surface area (Å²) in [4.78, 5) is 4.34. The largest absolute Gasteiger partial charge is 0.478 e. The molecule has 0 bridgehead atoms. The Kier molecular flexibility index (Phi) is 5.50. The minimum atomic E-state index is 0.204. The van der Waals surface area contributed by atoms with E-state index in [0.29, 0.717) is 12.5 Å². The maximum Gasteiger partial charge on any atom is 0.213 e. The molecule has 84 valence electrons. The number of aromatic nitrogens is 1. The van der Waals surface area contributed by atoms with Crippen LogP contribution in [0.5, 0.6) is 5.88 Å². The molecule has 0 amide bonds. The summed E-state index contributed by atoms with van der Waals surface area (Å²) in [5, 5.41) is 9.14. The van der Waals surface area contributed by atoms with E-state index in [2.05, 4.69) is 4.98 Å². The normalized spacial score (nSPS) is 12.5. The number of nitrogens with zero attached hydrogens (tertiary/aromatic N) is 1. The maximum atomic E-state index is 8.89. The average Bonchev–Trinajstić information content (AvgIpc) is 2.27. The first-order valence-corrected chi connectivity index (χ1v) is 6.12. The van der Waals surface area contributed by atoms with Crippen LogP contribution in [0.25, 0.3) is 0 Å². The van der Waals surface area contributed by atoms with Crippen LogP contribution in [-0.2, 0) is 5.75 Å². The minimum absolute atomic E-state index is 0.204. The van der Waals surface area contributed by atoms with E-state index in [1.807, 2.05) is 32.0 Å². The van der Waals surface area contributed by atoms with Crippen molar-refractivity contribution in [1.82, 2.24) is 4.98 Å². The fourth-order valence-corrected chi connectivity index (χ4v) is 1.77. The smallest absolute Gasteiger partial charge is 0.213 e. The fraction of sp³-hybridized carbons (Fsp3) is 0.545. The Morgan fingerprint density at radius 1 is 1.53 bits per heavy atom. The number of thioether (sulfide) groups is 1. The monoisotopic (exact) mass is 227 g/mol. The number of pyridine rings is 1. The molecule has 0 unspecified atom stereocenters. The summed E-state index contributed by atoms with van der Waals surface area (Å²) in [6.45, 7) is 4.78. The molecule has 0 fully saturated rings. The Balaban J connectivity index is 2.50. The van der Waals surface area contributed by atoms with Gasteiger partial charge in [-0.15, -0.1) is 0 Å². The highest BCUT2D eigenvalue weighted by atomic mass is 32.2. The molecule has 4 heteroatoms. The number of aliphatic hydroxyl groups excluding tert-OH is 1. The lowest BCUT2D eigenvalue weighted by Gasteiger charge is -2.08. The standard InChI is InChI=1S/C11H17NO2S/c1-3-14-11-6-4-5-10(12-11)8-15-9(2)7-13/h4-6,9,13H,3,7-8H2,1-2H3/t9-/m0/s1. The second kappa shape index (κ2) is 6.69. The number of hydrogen-bond donors (Lipinski definition) is 1. The second-order valence-corrected chi connectivity index (χ2v) is 4.63. The molecule has 1 rings (SSSR count). The van der Waals surface area contributed by atoms with E-state index in [9.17, 15) is 0 Å². The van der Waals surface area contributed by atoms with E-state index in [0.717, 1.165) is 11.4 Å². The first kappa shape index (κ1) is 12.3. The third-order valence-corrected chi connectivity index (χ3v) is 3.03. The van der Waals surface area contributed by atoms with Crippen molar-refractivity contribution in [1.29, 1.82) is 0 Å². The van der Waals surface area contributed by atoms with Gasteiger partial charge in [0.15, 0.2) is 0 Å². The Labute approximate surface area is 94.9 Å². The zero-order valence-electron chi connectivity index (χ0n) is 9.14. The number of aliphatic hydroxyl groups is 1. The zero-order chi connectivity index (χ0) is 11.1. The van der Waals surface area contributed by atoms with Crippen LogP contribution < -0.4 is 4.74 Å². The van der Waals surface area contributed by atoms with Crippen LogP contribution in [0.15, 0.2) is 18.2 Å². The van der Waals surface area contributed by atoms with Crippen LogP contribution >= 0.6 is 11.8 Å². The summed E-state index contributed by atoms with van der Waals surface area (Å²) >= 11 is 1.69. The quantitative estimate of drug-likeness (QED) is 0.808. The molecular weight excluding hydrogens is 210 g/mol. The van der Waals surface area contributed by atoms with Gasteiger partial charge in [-0.2, -0.15) is 11.8 Å². The van der Waals surface area contributed by atoms with Crippen LogP contribution in [-0.4, -0.2) is 28.6 Å². The Morgan fingerprint density at radius 3 is 3.00 bits per heavy atom. The molecule has 0 aliphatic rings. The van der Waals surface area contributed by atoms with Crippen molar-refractivity contribution in [2.75, 3.05) is 13.2 Å². The summed E-state index contributed by atoms with van der Waals surface area (Å²) in [5.74, 6) is 1.48. The van der Waals surface area contributed by atoms with Gasteiger partial charge in [0, 0.05) is 17.1 Å². The van der Waals surface area contributed by atoms with Crippen molar-refractivity contribution in [3.05, 3.63) is 23.9 Å². The summed E-state index contributed by atoms with van der Waals surface area (Å²) in [6, 6.07) is 5.77. The third-order valence-electron chi connectivity index (χ3n) is 1.85. The van der Waals surface area contributed by atoms with Crippen molar-refractivity contribution in [3.8, 4) is 5.88 Å². The van der Waals surface area contributed by atoms with E-state index in [1.165, 1.54) is 0 Å². The molecule has 1 atom stereocenters. The summed E-state index contributed by atoms with van der Waals surface area (Å²) < 4.78 is 5.31. The molecule has 0 aliphatic carbocycles. The Morgan fingerprint density at radius 2 is 2.33 bits per heavy atom. The van der Waals surface area contributed by atoms with Gasteiger partial charge in [-0.25, -0.2) is 4.98 Å². The molecule has 3 nitrogen and oxygen atoms in total. The predicted octanol–water partition coefficient (Wildman–Crippen LogP) is 2.09. The van der Waals surface area contributed by atoms with E-state index in [1.54, 1.807) is 11.8 Å². The minimum Gasteiger partial charge on any atom is -0.478 e. The fourth-order valence-electron chi connectivity index (χ4n) is 1.05. The van der Waals surface area contributed by atoms with Gasteiger partial charge in [0.05, 0.1) is 18.9 Å². The highest BCUT2D eigenvalue weighted by molar-refractivity contribution is 7.99. The van der Waals surface area contributed by atoms with Crippen LogP contribution in [0.4, 0.5) is 0 Å². The van der Waals surface area contributed by atoms with Crippen molar-refractivity contribution in [3.63, 3.8) is 0 Å². The summed E-state index contributed by atoms with van der Waals surface area (Å²) in [7, 11) is 0. The van der Waals surface area contributed by atoms with Crippen molar-refractivity contribution < 1.29 is 9.84 Å². The van der Waals surface area contributed by atoms with Crippen molar-refractivity contribution in [2.24, 2.45) is 0 Å². The molecule has 0 radical (unpaired) electrons. The molecule has 0 aromatic carbocycles. The zero-order valence-corrected chi connectivity index (χ0v) is 9.96. The molecule has 0 aliphatic heterocycles. The second-order valence-electron chi connectivity index (χ2n) is 3.20. The predicted molar refractivity (Wildman–Crippen MR) is 63.2 cm³/mol. The molecule has 1 heterocycles. The first-order chi connectivity index (χ1) is 7.26.